The number of halogens is 1. The van der Waals surface area contributed by atoms with Crippen molar-refractivity contribution in [3.8, 4) is 17.2 Å². The van der Waals surface area contributed by atoms with E-state index in [0.717, 1.165) is 0 Å². The molecule has 8 nitrogen and oxygen atoms in total. The van der Waals surface area contributed by atoms with Crippen LogP contribution in [0.3, 0.4) is 0 Å². The van der Waals surface area contributed by atoms with Crippen LogP contribution in [0.4, 0.5) is 5.69 Å². The van der Waals surface area contributed by atoms with Gasteiger partial charge in [-0.25, -0.2) is 0 Å². The lowest BCUT2D eigenvalue weighted by Crippen LogP contribution is -2.31. The highest BCUT2D eigenvalue weighted by Crippen LogP contribution is 2.45. The lowest BCUT2D eigenvalue weighted by molar-refractivity contribution is -0.117. The summed E-state index contributed by atoms with van der Waals surface area (Å²) in [5.74, 6) is -0.368. The Hall–Kier alpha value is -4.43. The molecule has 38 heavy (non-hydrogen) atoms. The number of hydrogen-bond acceptors (Lipinski definition) is 7. The van der Waals surface area contributed by atoms with Gasteiger partial charge < -0.3 is 23.7 Å². The number of benzene rings is 3. The summed E-state index contributed by atoms with van der Waals surface area (Å²) >= 11 is 6.09. The predicted octanol–water partition coefficient (Wildman–Crippen LogP) is 6.39. The van der Waals surface area contributed by atoms with Gasteiger partial charge in [0.25, 0.3) is 5.91 Å². The zero-order valence-electron chi connectivity index (χ0n) is 20.4. The number of carbonyl (C=O) groups excluding carboxylic acids is 2. The largest absolute Gasteiger partial charge is 0.503 e. The Morgan fingerprint density at radius 1 is 1.03 bits per heavy atom. The molecule has 0 aliphatic carbocycles. The van der Waals surface area contributed by atoms with E-state index in [1.165, 1.54) is 4.90 Å². The number of nitrogens with zero attached hydrogens (tertiary/aromatic N) is 1. The van der Waals surface area contributed by atoms with Crippen molar-refractivity contribution in [2.75, 3.05) is 11.7 Å². The topological polar surface area (TPSA) is 98.4 Å². The summed E-state index contributed by atoms with van der Waals surface area (Å²) < 4.78 is 22.4. The highest BCUT2D eigenvalue weighted by atomic mass is 35.5. The molecule has 1 atom stereocenters. The Bertz CT molecular complexity index is 1620. The van der Waals surface area contributed by atoms with Crippen LogP contribution in [0.2, 0.25) is 5.02 Å². The monoisotopic (exact) mass is 531 g/mol. The van der Waals surface area contributed by atoms with Crippen LogP contribution in [-0.2, 0) is 4.79 Å². The predicted molar refractivity (Wildman–Crippen MR) is 140 cm³/mol. The van der Waals surface area contributed by atoms with Crippen molar-refractivity contribution < 1.29 is 33.3 Å². The van der Waals surface area contributed by atoms with Crippen LogP contribution < -0.4 is 19.1 Å². The first-order chi connectivity index (χ1) is 18.3. The molecule has 0 fully saturated rings. The van der Waals surface area contributed by atoms with E-state index in [1.807, 2.05) is 13.8 Å². The number of amides is 1. The fraction of sp³-hybridized carbons (Fsp3) is 0.172. The van der Waals surface area contributed by atoms with E-state index >= 15 is 0 Å². The van der Waals surface area contributed by atoms with E-state index in [9.17, 15) is 14.7 Å². The molecular formula is C29H22ClNO7. The van der Waals surface area contributed by atoms with Gasteiger partial charge in [0.2, 0.25) is 12.6 Å². The number of ketones is 1. The molecule has 1 unspecified atom stereocenters. The average molecular weight is 532 g/mol. The smallest absolute Gasteiger partial charge is 0.294 e. The first-order valence-corrected chi connectivity index (χ1v) is 12.3. The van der Waals surface area contributed by atoms with Crippen LogP contribution in [-0.4, -0.2) is 29.7 Å². The SMILES string of the molecule is CC(C)Oc1ccc(C2C(C(=O)c3cc4cc(Cl)ccc4o3)=C(O)C(=O)N2c2ccc3c(c2)OCO3)cc1. The van der Waals surface area contributed by atoms with E-state index < -0.39 is 23.5 Å². The van der Waals surface area contributed by atoms with E-state index in [0.29, 0.717) is 44.5 Å². The fourth-order valence-electron chi connectivity index (χ4n) is 4.71. The minimum Gasteiger partial charge on any atom is -0.503 e. The van der Waals surface area contributed by atoms with E-state index in [4.69, 9.17) is 30.2 Å². The Morgan fingerprint density at radius 2 is 1.79 bits per heavy atom. The van der Waals surface area contributed by atoms with Crippen LogP contribution in [0, 0.1) is 0 Å². The molecule has 9 heteroatoms. The molecule has 1 N–H and O–H groups in total. The zero-order chi connectivity index (χ0) is 26.6. The van der Waals surface area contributed by atoms with E-state index in [1.54, 1.807) is 66.7 Å². The summed E-state index contributed by atoms with van der Waals surface area (Å²) in [5.41, 5.74) is 1.38. The Labute approximate surface area is 222 Å². The van der Waals surface area contributed by atoms with Crippen molar-refractivity contribution in [3.63, 3.8) is 0 Å². The third-order valence-corrected chi connectivity index (χ3v) is 6.59. The summed E-state index contributed by atoms with van der Waals surface area (Å²) in [4.78, 5) is 28.7. The number of aliphatic hydroxyl groups is 1. The Kier molecular flexibility index (Phi) is 5.76. The van der Waals surface area contributed by atoms with Crippen molar-refractivity contribution in [1.29, 1.82) is 0 Å². The van der Waals surface area contributed by atoms with Crippen molar-refractivity contribution >= 4 is 39.9 Å². The van der Waals surface area contributed by atoms with Gasteiger partial charge >= 0.3 is 0 Å². The lowest BCUT2D eigenvalue weighted by atomic mass is 9.94. The standard InChI is InChI=1S/C29H22ClNO7/c1-15(2)37-20-7-3-16(4-8-20)26-25(27(32)24-12-17-11-18(30)5-9-21(17)38-24)28(33)29(34)31(26)19-6-10-22-23(13-19)36-14-35-22/h3-13,15,26,33H,14H2,1-2H3. The van der Waals surface area contributed by atoms with Gasteiger partial charge in [-0.2, -0.15) is 0 Å². The van der Waals surface area contributed by atoms with Gasteiger partial charge in [0.05, 0.1) is 17.7 Å². The molecule has 192 valence electrons. The van der Waals surface area contributed by atoms with E-state index in [-0.39, 0.29) is 24.2 Å². The molecule has 0 spiro atoms. The number of rotatable bonds is 6. The maximum atomic E-state index is 13.8. The van der Waals surface area contributed by atoms with Crippen LogP contribution in [0.15, 0.2) is 82.5 Å². The number of fused-ring (bicyclic) bond motifs is 2. The summed E-state index contributed by atoms with van der Waals surface area (Å²) in [6.45, 7) is 3.91. The minimum atomic E-state index is -0.944. The van der Waals surface area contributed by atoms with Gasteiger partial charge in [-0.1, -0.05) is 23.7 Å². The number of hydrogen-bond donors (Lipinski definition) is 1. The summed E-state index contributed by atoms with van der Waals surface area (Å²) in [5, 5.41) is 12.2. The van der Waals surface area contributed by atoms with Crippen molar-refractivity contribution in [1.82, 2.24) is 0 Å². The average Bonchev–Trinajstić information content (AvgIpc) is 3.59. The van der Waals surface area contributed by atoms with Crippen LogP contribution in [0.1, 0.15) is 36.0 Å². The first kappa shape index (κ1) is 23.9. The normalized spacial score (nSPS) is 16.7. The third kappa shape index (κ3) is 4.03. The molecule has 3 aromatic carbocycles. The zero-order valence-corrected chi connectivity index (χ0v) is 21.2. The lowest BCUT2D eigenvalue weighted by Gasteiger charge is -2.27. The number of Topliss-reactive ketones (excluding diaryl/α,β-unsaturated/α-hetero) is 1. The summed E-state index contributed by atoms with van der Waals surface area (Å²) in [7, 11) is 0. The Morgan fingerprint density at radius 3 is 2.55 bits per heavy atom. The number of aliphatic hydroxyl groups excluding tert-OH is 1. The second-order valence-corrected chi connectivity index (χ2v) is 9.67. The maximum Gasteiger partial charge on any atom is 0.294 e. The summed E-state index contributed by atoms with van der Waals surface area (Å²) in [6.07, 6.45) is -0.0262. The van der Waals surface area contributed by atoms with Gasteiger partial charge in [-0.15, -0.1) is 0 Å². The quantitative estimate of drug-likeness (QED) is 0.288. The van der Waals surface area contributed by atoms with Crippen molar-refractivity contribution in [2.45, 2.75) is 26.0 Å². The van der Waals surface area contributed by atoms with Gasteiger partial charge in [0.15, 0.2) is 23.0 Å². The third-order valence-electron chi connectivity index (χ3n) is 6.36. The number of anilines is 1. The molecule has 1 amide bonds. The summed E-state index contributed by atoms with van der Waals surface area (Å²) in [6, 6.07) is 17.7. The van der Waals surface area contributed by atoms with Gasteiger partial charge in [0.1, 0.15) is 11.3 Å². The number of carbonyl (C=O) groups is 2. The fourth-order valence-corrected chi connectivity index (χ4v) is 4.89. The molecule has 2 aliphatic heterocycles. The van der Waals surface area contributed by atoms with Crippen LogP contribution in [0.5, 0.6) is 17.2 Å². The van der Waals surface area contributed by atoms with Gasteiger partial charge in [0, 0.05) is 22.2 Å². The van der Waals surface area contributed by atoms with Gasteiger partial charge in [-0.05, 0) is 67.9 Å². The molecule has 0 bridgehead atoms. The molecule has 0 saturated heterocycles. The van der Waals surface area contributed by atoms with Crippen molar-refractivity contribution in [3.05, 3.63) is 94.4 Å². The molecule has 4 aromatic rings. The molecule has 0 saturated carbocycles. The van der Waals surface area contributed by atoms with Crippen LogP contribution in [0.25, 0.3) is 11.0 Å². The first-order valence-electron chi connectivity index (χ1n) is 12.0. The maximum absolute atomic E-state index is 13.8. The second-order valence-electron chi connectivity index (χ2n) is 9.24. The number of furan rings is 1. The Balaban J connectivity index is 1.46. The molecule has 1 aromatic heterocycles. The highest BCUT2D eigenvalue weighted by molar-refractivity contribution is 6.31. The molecular weight excluding hydrogens is 510 g/mol. The van der Waals surface area contributed by atoms with Gasteiger partial charge in [-0.3, -0.25) is 14.5 Å². The van der Waals surface area contributed by atoms with Crippen molar-refractivity contribution in [2.24, 2.45) is 0 Å². The molecule has 0 radical (unpaired) electrons. The molecule has 3 heterocycles. The number of ether oxygens (including phenoxy) is 3. The highest BCUT2D eigenvalue weighted by Gasteiger charge is 2.45. The van der Waals surface area contributed by atoms with E-state index in [2.05, 4.69) is 0 Å². The molecule has 2 aliphatic rings. The second kappa shape index (κ2) is 9.15. The van der Waals surface area contributed by atoms with Crippen LogP contribution >= 0.6 is 11.6 Å². The molecule has 6 rings (SSSR count). The minimum absolute atomic E-state index is 0.0195.